The molecule has 0 spiro atoms. The van der Waals surface area contributed by atoms with Gasteiger partial charge in [-0.15, -0.1) is 5.10 Å². The van der Waals surface area contributed by atoms with Crippen LogP contribution in [0.4, 0.5) is 0 Å². The van der Waals surface area contributed by atoms with E-state index >= 15 is 0 Å². The number of carbonyl (C=O) groups is 1. The van der Waals surface area contributed by atoms with Gasteiger partial charge in [0.1, 0.15) is 0 Å². The zero-order chi connectivity index (χ0) is 16.0. The van der Waals surface area contributed by atoms with E-state index in [1.165, 1.54) is 25.8 Å². The Labute approximate surface area is 135 Å². The van der Waals surface area contributed by atoms with Crippen LogP contribution in [0.15, 0.2) is 6.07 Å². The molecule has 4 rings (SSSR count). The molecule has 1 amide bonds. The molecule has 2 aromatic heterocycles. The zero-order valence-corrected chi connectivity index (χ0v) is 13.7. The molecule has 0 unspecified atom stereocenters. The van der Waals surface area contributed by atoms with Crippen molar-refractivity contribution in [2.45, 2.75) is 39.2 Å². The second-order valence-corrected chi connectivity index (χ2v) is 6.62. The van der Waals surface area contributed by atoms with E-state index in [0.29, 0.717) is 11.8 Å². The first-order chi connectivity index (χ1) is 11.1. The molecule has 0 N–H and O–H groups in total. The molecule has 0 bridgehead atoms. The third-order valence-corrected chi connectivity index (χ3v) is 4.93. The predicted molar refractivity (Wildman–Crippen MR) is 85.4 cm³/mol. The lowest BCUT2D eigenvalue weighted by Gasteiger charge is -2.43. The average molecular weight is 314 g/mol. The molecule has 7 heteroatoms. The summed E-state index contributed by atoms with van der Waals surface area (Å²) in [6.45, 7) is 7.55. The Hall–Kier alpha value is -2.02. The maximum absolute atomic E-state index is 12.8. The Morgan fingerprint density at radius 1 is 1.17 bits per heavy atom. The van der Waals surface area contributed by atoms with Crippen molar-refractivity contribution < 1.29 is 4.79 Å². The maximum Gasteiger partial charge on any atom is 0.293 e. The van der Waals surface area contributed by atoms with E-state index in [2.05, 4.69) is 20.0 Å². The van der Waals surface area contributed by atoms with Gasteiger partial charge in [0.2, 0.25) is 5.82 Å². The lowest BCUT2D eigenvalue weighted by molar-refractivity contribution is 0.0364. The zero-order valence-electron chi connectivity index (χ0n) is 13.7. The lowest BCUT2D eigenvalue weighted by atomic mass is 9.99. The average Bonchev–Trinajstić information content (AvgIpc) is 2.98. The van der Waals surface area contributed by atoms with Crippen molar-refractivity contribution in [2.75, 3.05) is 26.2 Å². The summed E-state index contributed by atoms with van der Waals surface area (Å²) in [5.74, 6) is 0.690. The van der Waals surface area contributed by atoms with E-state index < -0.39 is 0 Å². The van der Waals surface area contributed by atoms with Crippen LogP contribution >= 0.6 is 0 Å². The summed E-state index contributed by atoms with van der Waals surface area (Å²) in [6.07, 6.45) is 3.73. The fraction of sp³-hybridized carbons (Fsp3) is 0.625. The maximum atomic E-state index is 12.8. The van der Waals surface area contributed by atoms with Crippen molar-refractivity contribution in [3.05, 3.63) is 23.3 Å². The summed E-state index contributed by atoms with van der Waals surface area (Å²) in [7, 11) is 0. The molecule has 0 aliphatic carbocycles. The summed E-state index contributed by atoms with van der Waals surface area (Å²) < 4.78 is 1.65. The van der Waals surface area contributed by atoms with E-state index in [1.54, 1.807) is 4.52 Å². The van der Waals surface area contributed by atoms with Crippen LogP contribution in [0.1, 0.15) is 41.3 Å². The van der Waals surface area contributed by atoms with Gasteiger partial charge in [-0.25, -0.2) is 9.50 Å². The number of rotatable bonds is 1. The van der Waals surface area contributed by atoms with Crippen LogP contribution in [0.2, 0.25) is 0 Å². The SMILES string of the molecule is Cc1cc(C)n2nc(C(=O)N3CCN4CCCC[C@H]4C3)nc2n1. The van der Waals surface area contributed by atoms with Crippen LogP contribution in [0.3, 0.4) is 0 Å². The van der Waals surface area contributed by atoms with Crippen molar-refractivity contribution >= 4 is 11.7 Å². The minimum atomic E-state index is -0.0715. The molecule has 2 saturated heterocycles. The second-order valence-electron chi connectivity index (χ2n) is 6.62. The van der Waals surface area contributed by atoms with E-state index in [9.17, 15) is 4.79 Å². The predicted octanol–water partition coefficient (Wildman–Crippen LogP) is 1.05. The highest BCUT2D eigenvalue weighted by Gasteiger charge is 2.32. The van der Waals surface area contributed by atoms with Gasteiger partial charge in [0.25, 0.3) is 11.7 Å². The minimum absolute atomic E-state index is 0.0715. The highest BCUT2D eigenvalue weighted by molar-refractivity contribution is 5.91. The highest BCUT2D eigenvalue weighted by Crippen LogP contribution is 2.21. The van der Waals surface area contributed by atoms with Gasteiger partial charge in [0.15, 0.2) is 0 Å². The van der Waals surface area contributed by atoms with Crippen LogP contribution in [0, 0.1) is 13.8 Å². The Morgan fingerprint density at radius 2 is 2.04 bits per heavy atom. The monoisotopic (exact) mass is 314 g/mol. The van der Waals surface area contributed by atoms with Gasteiger partial charge in [0.05, 0.1) is 0 Å². The second kappa shape index (κ2) is 5.56. The molecule has 1 atom stereocenters. The quantitative estimate of drug-likeness (QED) is 0.787. The molecule has 2 aromatic rings. The first-order valence-electron chi connectivity index (χ1n) is 8.36. The Bertz CT molecular complexity index is 754. The molecule has 0 radical (unpaired) electrons. The fourth-order valence-electron chi connectivity index (χ4n) is 3.74. The minimum Gasteiger partial charge on any atom is -0.333 e. The number of piperidine rings is 1. The summed E-state index contributed by atoms with van der Waals surface area (Å²) in [4.78, 5) is 25.9. The Kier molecular flexibility index (Phi) is 3.52. The van der Waals surface area contributed by atoms with Crippen LogP contribution in [-0.2, 0) is 0 Å². The number of fused-ring (bicyclic) bond motifs is 2. The normalized spacial score (nSPS) is 22.3. The van der Waals surface area contributed by atoms with E-state index in [-0.39, 0.29) is 11.7 Å². The van der Waals surface area contributed by atoms with Crippen molar-refractivity contribution in [1.82, 2.24) is 29.4 Å². The van der Waals surface area contributed by atoms with Gasteiger partial charge in [-0.05, 0) is 39.3 Å². The summed E-state index contributed by atoms with van der Waals surface area (Å²) in [5, 5.41) is 4.37. The number of aryl methyl sites for hydroxylation is 2. The topological polar surface area (TPSA) is 66.6 Å². The summed E-state index contributed by atoms with van der Waals surface area (Å²) in [5.41, 5.74) is 1.83. The molecule has 2 aliphatic heterocycles. The molecule has 2 fully saturated rings. The van der Waals surface area contributed by atoms with Gasteiger partial charge in [-0.1, -0.05) is 6.42 Å². The number of piperazine rings is 1. The third kappa shape index (κ3) is 2.59. The molecule has 23 heavy (non-hydrogen) atoms. The molecule has 0 saturated carbocycles. The van der Waals surface area contributed by atoms with Crippen molar-refractivity contribution in [3.8, 4) is 0 Å². The van der Waals surface area contributed by atoms with Crippen LogP contribution in [0.5, 0.6) is 0 Å². The van der Waals surface area contributed by atoms with Crippen LogP contribution in [0.25, 0.3) is 5.78 Å². The van der Waals surface area contributed by atoms with Gasteiger partial charge in [-0.3, -0.25) is 9.69 Å². The van der Waals surface area contributed by atoms with Gasteiger partial charge < -0.3 is 4.90 Å². The summed E-state index contributed by atoms with van der Waals surface area (Å²) >= 11 is 0. The third-order valence-electron chi connectivity index (χ3n) is 4.93. The standard InChI is InChI=1S/C16H22N6O/c1-11-9-12(2)22-16(17-11)18-14(19-22)15(23)21-8-7-20-6-4-3-5-13(20)10-21/h9,13H,3-8,10H2,1-2H3/t13-/m0/s1. The van der Waals surface area contributed by atoms with Crippen molar-refractivity contribution in [3.63, 3.8) is 0 Å². The van der Waals surface area contributed by atoms with Crippen molar-refractivity contribution in [2.24, 2.45) is 0 Å². The van der Waals surface area contributed by atoms with Crippen LogP contribution in [-0.4, -0.2) is 67.5 Å². The molecular formula is C16H22N6O. The highest BCUT2D eigenvalue weighted by atomic mass is 16.2. The van der Waals surface area contributed by atoms with E-state index in [1.807, 2.05) is 24.8 Å². The number of nitrogens with zero attached hydrogens (tertiary/aromatic N) is 6. The molecule has 2 aliphatic rings. The lowest BCUT2D eigenvalue weighted by Crippen LogP contribution is -2.56. The molecule has 0 aromatic carbocycles. The molecule has 122 valence electrons. The fourth-order valence-corrected chi connectivity index (χ4v) is 3.74. The molecule has 7 nitrogen and oxygen atoms in total. The first kappa shape index (κ1) is 14.6. The summed E-state index contributed by atoms with van der Waals surface area (Å²) in [6, 6.07) is 2.44. The van der Waals surface area contributed by atoms with E-state index in [0.717, 1.165) is 31.0 Å². The number of hydrogen-bond acceptors (Lipinski definition) is 5. The van der Waals surface area contributed by atoms with Crippen LogP contribution < -0.4 is 0 Å². The number of amides is 1. The molecule has 4 heterocycles. The smallest absolute Gasteiger partial charge is 0.293 e. The molecular weight excluding hydrogens is 292 g/mol. The van der Waals surface area contributed by atoms with Gasteiger partial charge in [-0.2, -0.15) is 4.98 Å². The first-order valence-corrected chi connectivity index (χ1v) is 8.36. The Morgan fingerprint density at radius 3 is 2.91 bits per heavy atom. The van der Waals surface area contributed by atoms with Crippen molar-refractivity contribution in [1.29, 1.82) is 0 Å². The largest absolute Gasteiger partial charge is 0.333 e. The number of carbonyl (C=O) groups excluding carboxylic acids is 1. The van der Waals surface area contributed by atoms with Gasteiger partial charge in [0, 0.05) is 37.1 Å². The van der Waals surface area contributed by atoms with Gasteiger partial charge >= 0.3 is 0 Å². The number of hydrogen-bond donors (Lipinski definition) is 0. The number of aromatic nitrogens is 4. The Balaban J connectivity index is 1.58. The van der Waals surface area contributed by atoms with E-state index in [4.69, 9.17) is 0 Å².